The van der Waals surface area contributed by atoms with Crippen molar-refractivity contribution in [3.05, 3.63) is 77.2 Å². The number of Topliss-reactive ketones (excluding diaryl/α,β-unsaturated/α-hetero) is 1. The average molecular weight is 399 g/mol. The molecule has 150 valence electrons. The van der Waals surface area contributed by atoms with Crippen molar-refractivity contribution >= 4 is 28.5 Å². The lowest BCUT2D eigenvalue weighted by Gasteiger charge is -2.22. The number of hydrogen-bond donors (Lipinski definition) is 1. The summed E-state index contributed by atoms with van der Waals surface area (Å²) in [4.78, 5) is 25.9. The van der Waals surface area contributed by atoms with Crippen molar-refractivity contribution in [2.45, 2.75) is 32.6 Å². The number of amides is 1. The van der Waals surface area contributed by atoms with E-state index < -0.39 is 5.92 Å². The molecule has 1 atom stereocenters. The number of benzene rings is 2. The highest BCUT2D eigenvalue weighted by Gasteiger charge is 2.37. The summed E-state index contributed by atoms with van der Waals surface area (Å²) in [6, 6.07) is 17.3. The molecular formula is C24H21N3O3. The molecular weight excluding hydrogens is 378 g/mol. The third-order valence-corrected chi connectivity index (χ3v) is 5.65. The van der Waals surface area contributed by atoms with Crippen LogP contribution in [-0.4, -0.2) is 21.5 Å². The highest BCUT2D eigenvalue weighted by atomic mass is 16.3. The number of furan rings is 1. The zero-order valence-electron chi connectivity index (χ0n) is 16.8. The zero-order valence-corrected chi connectivity index (χ0v) is 16.8. The number of aromatic nitrogens is 2. The van der Waals surface area contributed by atoms with Crippen molar-refractivity contribution in [1.82, 2.24) is 9.78 Å². The summed E-state index contributed by atoms with van der Waals surface area (Å²) in [7, 11) is 0. The van der Waals surface area contributed by atoms with Gasteiger partial charge in [-0.25, -0.2) is 4.68 Å². The fraction of sp³-hybridized carbons (Fsp3) is 0.208. The first-order chi connectivity index (χ1) is 14.5. The molecule has 6 nitrogen and oxygen atoms in total. The van der Waals surface area contributed by atoms with Crippen LogP contribution in [0.25, 0.3) is 16.7 Å². The Bertz CT molecular complexity index is 1270. The molecule has 5 rings (SSSR count). The average Bonchev–Trinajstić information content (AvgIpc) is 3.34. The lowest BCUT2D eigenvalue weighted by atomic mass is 9.87. The SMILES string of the molecule is CCc1cccc(-n2nc(C)c3c2NC(=O)C[C@@H]3C(=O)c2cc3ccccc3o2)c1. The number of aryl methyl sites for hydroxylation is 2. The Morgan fingerprint density at radius 2 is 2.03 bits per heavy atom. The smallest absolute Gasteiger partial charge is 0.226 e. The van der Waals surface area contributed by atoms with Crippen molar-refractivity contribution in [3.8, 4) is 5.69 Å². The minimum atomic E-state index is -0.627. The molecule has 2 aromatic heterocycles. The minimum absolute atomic E-state index is 0.0738. The molecule has 0 bridgehead atoms. The number of ketones is 1. The highest BCUT2D eigenvalue weighted by Crippen LogP contribution is 2.39. The van der Waals surface area contributed by atoms with Crippen LogP contribution in [0.5, 0.6) is 0 Å². The molecule has 0 fully saturated rings. The molecule has 0 radical (unpaired) electrons. The van der Waals surface area contributed by atoms with Crippen LogP contribution in [0.2, 0.25) is 0 Å². The number of para-hydroxylation sites is 1. The monoisotopic (exact) mass is 399 g/mol. The van der Waals surface area contributed by atoms with Gasteiger partial charge in [-0.2, -0.15) is 5.10 Å². The summed E-state index contributed by atoms with van der Waals surface area (Å²) < 4.78 is 7.51. The molecule has 0 saturated carbocycles. The summed E-state index contributed by atoms with van der Waals surface area (Å²) in [5.41, 5.74) is 4.16. The molecule has 0 aliphatic carbocycles. The lowest BCUT2D eigenvalue weighted by Crippen LogP contribution is -2.28. The second kappa shape index (κ2) is 6.99. The number of carbonyl (C=O) groups excluding carboxylic acids is 2. The van der Waals surface area contributed by atoms with Crippen LogP contribution < -0.4 is 5.32 Å². The molecule has 1 N–H and O–H groups in total. The van der Waals surface area contributed by atoms with Gasteiger partial charge in [0.25, 0.3) is 0 Å². The third-order valence-electron chi connectivity index (χ3n) is 5.65. The van der Waals surface area contributed by atoms with Crippen LogP contribution >= 0.6 is 0 Å². The van der Waals surface area contributed by atoms with Crippen molar-refractivity contribution in [3.63, 3.8) is 0 Å². The van der Waals surface area contributed by atoms with Gasteiger partial charge in [0.05, 0.1) is 17.3 Å². The maximum atomic E-state index is 13.4. The van der Waals surface area contributed by atoms with E-state index in [0.717, 1.165) is 28.8 Å². The summed E-state index contributed by atoms with van der Waals surface area (Å²) in [5.74, 6) is -0.206. The number of rotatable bonds is 4. The second-order valence-corrected chi connectivity index (χ2v) is 7.60. The Labute approximate surface area is 173 Å². The van der Waals surface area contributed by atoms with E-state index in [2.05, 4.69) is 23.4 Å². The quantitative estimate of drug-likeness (QED) is 0.500. The summed E-state index contributed by atoms with van der Waals surface area (Å²) >= 11 is 0. The molecule has 1 aliphatic heterocycles. The highest BCUT2D eigenvalue weighted by molar-refractivity contribution is 6.08. The number of carbonyl (C=O) groups is 2. The number of nitrogens with one attached hydrogen (secondary N) is 1. The molecule has 30 heavy (non-hydrogen) atoms. The van der Waals surface area contributed by atoms with Gasteiger partial charge in [0.2, 0.25) is 11.7 Å². The van der Waals surface area contributed by atoms with Crippen molar-refractivity contribution < 1.29 is 14.0 Å². The predicted molar refractivity (Wildman–Crippen MR) is 114 cm³/mol. The number of nitrogens with zero attached hydrogens (tertiary/aromatic N) is 2. The second-order valence-electron chi connectivity index (χ2n) is 7.60. The maximum Gasteiger partial charge on any atom is 0.226 e. The first-order valence-corrected chi connectivity index (χ1v) is 10.1. The molecule has 6 heteroatoms. The number of anilines is 1. The van der Waals surface area contributed by atoms with E-state index >= 15 is 0 Å². The van der Waals surface area contributed by atoms with Crippen LogP contribution in [0.1, 0.15) is 46.6 Å². The van der Waals surface area contributed by atoms with Crippen molar-refractivity contribution in [2.75, 3.05) is 5.32 Å². The van der Waals surface area contributed by atoms with Crippen LogP contribution in [0, 0.1) is 6.92 Å². The first kappa shape index (κ1) is 18.4. The molecule has 0 saturated heterocycles. The van der Waals surface area contributed by atoms with Crippen LogP contribution in [0.4, 0.5) is 5.82 Å². The predicted octanol–water partition coefficient (Wildman–Crippen LogP) is 4.80. The van der Waals surface area contributed by atoms with Gasteiger partial charge in [-0.3, -0.25) is 9.59 Å². The van der Waals surface area contributed by atoms with Crippen molar-refractivity contribution in [1.29, 1.82) is 0 Å². The van der Waals surface area contributed by atoms with Crippen molar-refractivity contribution in [2.24, 2.45) is 0 Å². The summed E-state index contributed by atoms with van der Waals surface area (Å²) in [6.45, 7) is 3.96. The van der Waals surface area contributed by atoms with Gasteiger partial charge >= 0.3 is 0 Å². The maximum absolute atomic E-state index is 13.4. The fourth-order valence-corrected chi connectivity index (χ4v) is 4.14. The largest absolute Gasteiger partial charge is 0.453 e. The van der Waals surface area contributed by atoms with E-state index in [1.807, 2.05) is 49.4 Å². The Morgan fingerprint density at radius 1 is 1.20 bits per heavy atom. The zero-order chi connectivity index (χ0) is 20.8. The van der Waals surface area contributed by atoms with E-state index in [9.17, 15) is 9.59 Å². The van der Waals surface area contributed by atoms with E-state index in [4.69, 9.17) is 4.42 Å². The van der Waals surface area contributed by atoms with Gasteiger partial charge in [-0.15, -0.1) is 0 Å². The van der Waals surface area contributed by atoms with Gasteiger partial charge in [0, 0.05) is 17.4 Å². The molecule has 3 heterocycles. The Morgan fingerprint density at radius 3 is 2.83 bits per heavy atom. The first-order valence-electron chi connectivity index (χ1n) is 10.1. The van der Waals surface area contributed by atoms with Gasteiger partial charge in [-0.1, -0.05) is 37.3 Å². The van der Waals surface area contributed by atoms with Gasteiger partial charge in [0.1, 0.15) is 11.4 Å². The van der Waals surface area contributed by atoms with Gasteiger partial charge < -0.3 is 9.73 Å². The van der Waals surface area contributed by atoms with E-state index in [1.165, 1.54) is 5.56 Å². The van der Waals surface area contributed by atoms with Gasteiger partial charge in [0.15, 0.2) is 5.76 Å². The Kier molecular flexibility index (Phi) is 4.28. The van der Waals surface area contributed by atoms with Crippen LogP contribution in [0.3, 0.4) is 0 Å². The number of fused-ring (bicyclic) bond motifs is 2. The number of hydrogen-bond acceptors (Lipinski definition) is 4. The summed E-state index contributed by atoms with van der Waals surface area (Å²) in [5, 5.41) is 8.45. The van der Waals surface area contributed by atoms with Crippen LogP contribution in [0.15, 0.2) is 59.0 Å². The van der Waals surface area contributed by atoms with E-state index in [-0.39, 0.29) is 23.9 Å². The Hall–Kier alpha value is -3.67. The minimum Gasteiger partial charge on any atom is -0.453 e. The van der Waals surface area contributed by atoms with Crippen LogP contribution in [-0.2, 0) is 11.2 Å². The Balaban J connectivity index is 1.60. The summed E-state index contributed by atoms with van der Waals surface area (Å²) in [6.07, 6.45) is 0.972. The third kappa shape index (κ3) is 2.92. The molecule has 2 aromatic carbocycles. The fourth-order valence-electron chi connectivity index (χ4n) is 4.14. The normalized spacial score (nSPS) is 15.8. The topological polar surface area (TPSA) is 77.1 Å². The standard InChI is InChI=1S/C24H21N3O3/c1-3-15-7-6-9-17(11-15)27-24-22(14(2)26-27)18(13-21(28)25-24)23(29)20-12-16-8-4-5-10-19(16)30-20/h4-12,18H,3,13H2,1-2H3,(H,25,28)/t18-/m0/s1. The van der Waals surface area contributed by atoms with Gasteiger partial charge in [-0.05, 0) is 43.2 Å². The molecule has 1 amide bonds. The lowest BCUT2D eigenvalue weighted by molar-refractivity contribution is -0.116. The molecule has 4 aromatic rings. The molecule has 0 spiro atoms. The van der Waals surface area contributed by atoms with E-state index in [0.29, 0.717) is 11.4 Å². The molecule has 1 aliphatic rings. The molecule has 0 unspecified atom stereocenters. The van der Waals surface area contributed by atoms with E-state index in [1.54, 1.807) is 10.7 Å².